The van der Waals surface area contributed by atoms with Crippen molar-refractivity contribution >= 4 is 23.8 Å². The molecular weight excluding hydrogens is 218 g/mol. The number of carboxylic acids is 1. The second-order valence-corrected chi connectivity index (χ2v) is 3.20. The molecule has 0 saturated heterocycles. The quantitative estimate of drug-likeness (QED) is 0.476. The van der Waals surface area contributed by atoms with Crippen LogP contribution in [0.3, 0.4) is 0 Å². The summed E-state index contributed by atoms with van der Waals surface area (Å²) < 4.78 is 0. The molecule has 0 bridgehead atoms. The van der Waals surface area contributed by atoms with E-state index in [2.05, 4.69) is 5.16 Å². The average Bonchev–Trinajstić information content (AvgIpc) is 2.20. The molecule has 0 heterocycles. The number of hydrogen-bond acceptors (Lipinski definition) is 3. The number of hydrogen-bond donors (Lipinski definition) is 1. The molecule has 0 aliphatic rings. The molecule has 0 radical (unpaired) electrons. The standard InChI is InChI=1S/C10H10ClNO3/c11-9-3-1-8(2-4-9)7-12-15-6-5-10(13)14/h1-4,7H,5-6H2,(H,13,14)/b12-7+. The predicted octanol–water partition coefficient (Wildman–Crippen LogP) is 2.17. The third-order valence-electron chi connectivity index (χ3n) is 1.55. The summed E-state index contributed by atoms with van der Waals surface area (Å²) in [5, 5.41) is 12.6. The predicted molar refractivity (Wildman–Crippen MR) is 57.3 cm³/mol. The molecule has 0 saturated carbocycles. The van der Waals surface area contributed by atoms with Gasteiger partial charge in [-0.1, -0.05) is 28.9 Å². The van der Waals surface area contributed by atoms with Gasteiger partial charge in [-0.15, -0.1) is 0 Å². The fourth-order valence-corrected chi connectivity index (χ4v) is 0.959. The van der Waals surface area contributed by atoms with Crippen molar-refractivity contribution in [1.29, 1.82) is 0 Å². The van der Waals surface area contributed by atoms with Gasteiger partial charge in [0, 0.05) is 5.02 Å². The molecule has 0 aliphatic heterocycles. The first-order valence-electron chi connectivity index (χ1n) is 4.31. The molecule has 1 aromatic rings. The van der Waals surface area contributed by atoms with Gasteiger partial charge in [0.1, 0.15) is 6.61 Å². The summed E-state index contributed by atoms with van der Waals surface area (Å²) in [6, 6.07) is 7.04. The summed E-state index contributed by atoms with van der Waals surface area (Å²) >= 11 is 5.69. The van der Waals surface area contributed by atoms with Gasteiger partial charge in [-0.3, -0.25) is 4.79 Å². The largest absolute Gasteiger partial charge is 0.481 e. The Morgan fingerprint density at radius 2 is 2.13 bits per heavy atom. The summed E-state index contributed by atoms with van der Waals surface area (Å²) in [5.74, 6) is -0.906. The van der Waals surface area contributed by atoms with E-state index in [-0.39, 0.29) is 13.0 Å². The zero-order valence-corrected chi connectivity index (χ0v) is 8.65. The molecule has 0 spiro atoms. The Morgan fingerprint density at radius 1 is 1.47 bits per heavy atom. The normalized spacial score (nSPS) is 10.5. The number of rotatable bonds is 5. The van der Waals surface area contributed by atoms with Gasteiger partial charge in [0.05, 0.1) is 12.6 Å². The number of aliphatic carboxylic acids is 1. The first-order chi connectivity index (χ1) is 7.18. The van der Waals surface area contributed by atoms with Crippen LogP contribution in [0.1, 0.15) is 12.0 Å². The first kappa shape index (κ1) is 11.5. The van der Waals surface area contributed by atoms with E-state index in [4.69, 9.17) is 21.5 Å². The first-order valence-corrected chi connectivity index (χ1v) is 4.69. The number of nitrogens with zero attached hydrogens (tertiary/aromatic N) is 1. The molecule has 1 N–H and O–H groups in total. The molecular formula is C10H10ClNO3. The number of benzene rings is 1. The molecule has 0 aliphatic carbocycles. The lowest BCUT2D eigenvalue weighted by atomic mass is 10.2. The summed E-state index contributed by atoms with van der Waals surface area (Å²) in [6.45, 7) is 0.0689. The van der Waals surface area contributed by atoms with E-state index in [0.29, 0.717) is 5.02 Å². The third kappa shape index (κ3) is 5.02. The van der Waals surface area contributed by atoms with Gasteiger partial charge in [-0.05, 0) is 17.7 Å². The van der Waals surface area contributed by atoms with Gasteiger partial charge in [0.15, 0.2) is 0 Å². The van der Waals surface area contributed by atoms with Crippen LogP contribution in [0.5, 0.6) is 0 Å². The molecule has 0 aromatic heterocycles. The van der Waals surface area contributed by atoms with Crippen LogP contribution in [-0.2, 0) is 9.63 Å². The van der Waals surface area contributed by atoms with Crippen LogP contribution >= 0.6 is 11.6 Å². The fraction of sp³-hybridized carbons (Fsp3) is 0.200. The molecule has 0 amide bonds. The summed E-state index contributed by atoms with van der Waals surface area (Å²) in [6.07, 6.45) is 1.44. The maximum atomic E-state index is 10.1. The maximum Gasteiger partial charge on any atom is 0.306 e. The molecule has 1 rings (SSSR count). The lowest BCUT2D eigenvalue weighted by Gasteiger charge is -1.95. The Hall–Kier alpha value is -1.55. The summed E-state index contributed by atoms with van der Waals surface area (Å²) in [5.41, 5.74) is 0.842. The number of carbonyl (C=O) groups is 1. The summed E-state index contributed by atoms with van der Waals surface area (Å²) in [7, 11) is 0. The zero-order valence-electron chi connectivity index (χ0n) is 7.89. The van der Waals surface area contributed by atoms with Crippen LogP contribution in [0.25, 0.3) is 0 Å². The Bertz CT molecular complexity index is 348. The molecule has 4 nitrogen and oxygen atoms in total. The average molecular weight is 228 g/mol. The van der Waals surface area contributed by atoms with Crippen molar-refractivity contribution in [2.45, 2.75) is 6.42 Å². The lowest BCUT2D eigenvalue weighted by molar-refractivity contribution is -0.138. The van der Waals surface area contributed by atoms with Crippen LogP contribution in [0, 0.1) is 0 Å². The molecule has 0 unspecified atom stereocenters. The second kappa shape index (κ2) is 6.03. The van der Waals surface area contributed by atoms with Gasteiger partial charge in [0.2, 0.25) is 0 Å². The molecule has 80 valence electrons. The van der Waals surface area contributed by atoms with Crippen molar-refractivity contribution < 1.29 is 14.7 Å². The van der Waals surface area contributed by atoms with E-state index in [0.717, 1.165) is 5.56 Å². The molecule has 5 heteroatoms. The second-order valence-electron chi connectivity index (χ2n) is 2.76. The zero-order chi connectivity index (χ0) is 11.1. The van der Waals surface area contributed by atoms with Crippen LogP contribution in [0.4, 0.5) is 0 Å². The minimum atomic E-state index is -0.906. The van der Waals surface area contributed by atoms with Gasteiger partial charge < -0.3 is 9.94 Å². The summed E-state index contributed by atoms with van der Waals surface area (Å²) in [4.78, 5) is 14.9. The van der Waals surface area contributed by atoms with Crippen LogP contribution in [0.15, 0.2) is 29.4 Å². The van der Waals surface area contributed by atoms with E-state index in [1.807, 2.05) is 0 Å². The van der Waals surface area contributed by atoms with Gasteiger partial charge in [-0.25, -0.2) is 0 Å². The van der Waals surface area contributed by atoms with Crippen molar-refractivity contribution in [3.8, 4) is 0 Å². The number of oxime groups is 1. The Balaban J connectivity index is 2.32. The molecule has 15 heavy (non-hydrogen) atoms. The Kier molecular flexibility index (Phi) is 4.63. The van der Waals surface area contributed by atoms with Gasteiger partial charge in [0.25, 0.3) is 0 Å². The van der Waals surface area contributed by atoms with E-state index in [1.165, 1.54) is 6.21 Å². The van der Waals surface area contributed by atoms with Crippen LogP contribution < -0.4 is 0 Å². The van der Waals surface area contributed by atoms with E-state index in [1.54, 1.807) is 24.3 Å². The minimum absolute atomic E-state index is 0.0576. The van der Waals surface area contributed by atoms with Gasteiger partial charge in [-0.2, -0.15) is 0 Å². The van der Waals surface area contributed by atoms with Crippen molar-refractivity contribution in [1.82, 2.24) is 0 Å². The van der Waals surface area contributed by atoms with Crippen molar-refractivity contribution in [3.05, 3.63) is 34.9 Å². The Labute approximate surface area is 92.1 Å². The van der Waals surface area contributed by atoms with Gasteiger partial charge >= 0.3 is 5.97 Å². The van der Waals surface area contributed by atoms with Crippen LogP contribution in [-0.4, -0.2) is 23.9 Å². The topological polar surface area (TPSA) is 58.9 Å². The van der Waals surface area contributed by atoms with E-state index in [9.17, 15) is 4.79 Å². The number of halogens is 1. The minimum Gasteiger partial charge on any atom is -0.481 e. The highest BCUT2D eigenvalue weighted by Crippen LogP contribution is 2.07. The van der Waals surface area contributed by atoms with Crippen LogP contribution in [0.2, 0.25) is 5.02 Å². The fourth-order valence-electron chi connectivity index (χ4n) is 0.833. The van der Waals surface area contributed by atoms with Crippen molar-refractivity contribution in [2.75, 3.05) is 6.61 Å². The maximum absolute atomic E-state index is 10.1. The third-order valence-corrected chi connectivity index (χ3v) is 1.81. The highest BCUT2D eigenvalue weighted by molar-refractivity contribution is 6.30. The van der Waals surface area contributed by atoms with Crippen molar-refractivity contribution in [3.63, 3.8) is 0 Å². The monoisotopic (exact) mass is 227 g/mol. The highest BCUT2D eigenvalue weighted by Gasteiger charge is 1.94. The lowest BCUT2D eigenvalue weighted by Crippen LogP contribution is -1.99. The van der Waals surface area contributed by atoms with Crippen molar-refractivity contribution in [2.24, 2.45) is 5.16 Å². The Morgan fingerprint density at radius 3 is 2.73 bits per heavy atom. The highest BCUT2D eigenvalue weighted by atomic mass is 35.5. The molecule has 1 aromatic carbocycles. The van der Waals surface area contributed by atoms with E-state index >= 15 is 0 Å². The smallest absolute Gasteiger partial charge is 0.306 e. The molecule has 0 fully saturated rings. The van der Waals surface area contributed by atoms with E-state index < -0.39 is 5.97 Å². The number of carboxylic acid groups (broad SMARTS) is 1. The SMILES string of the molecule is O=C(O)CCO/N=C/c1ccc(Cl)cc1. The molecule has 0 atom stereocenters.